The maximum Gasteiger partial charge on any atom is 0.490 e. The third-order valence-corrected chi connectivity index (χ3v) is 3.14. The Balaban J connectivity index is 0.000000553. The highest BCUT2D eigenvalue weighted by Crippen LogP contribution is 2.17. The van der Waals surface area contributed by atoms with Crippen molar-refractivity contribution in [3.63, 3.8) is 0 Å². The summed E-state index contributed by atoms with van der Waals surface area (Å²) in [5.74, 6) is -4.17. The van der Waals surface area contributed by atoms with Crippen LogP contribution in [0, 0.1) is 5.41 Å². The summed E-state index contributed by atoms with van der Waals surface area (Å²) >= 11 is 0. The molecular formula is C18H15F3N2O7. The highest BCUT2D eigenvalue weighted by Gasteiger charge is 2.38. The average Bonchev–Trinajstić information content (AvgIpc) is 3.10. The van der Waals surface area contributed by atoms with Crippen LogP contribution in [0.4, 0.5) is 13.2 Å². The minimum atomic E-state index is -5.08. The number of alkyl halides is 3. The third-order valence-electron chi connectivity index (χ3n) is 3.14. The molecule has 9 nitrogen and oxygen atoms in total. The average molecular weight is 428 g/mol. The van der Waals surface area contributed by atoms with Gasteiger partial charge in [0.05, 0.1) is 0 Å². The van der Waals surface area contributed by atoms with Gasteiger partial charge in [-0.05, 0) is 49.4 Å². The lowest BCUT2D eigenvalue weighted by Crippen LogP contribution is -2.21. The van der Waals surface area contributed by atoms with E-state index >= 15 is 0 Å². The normalized spacial score (nSPS) is 11.1. The summed E-state index contributed by atoms with van der Waals surface area (Å²) in [5.41, 5.74) is 5.93. The van der Waals surface area contributed by atoms with Crippen LogP contribution in [-0.2, 0) is 9.59 Å². The Labute approximate surface area is 166 Å². The molecule has 2 rings (SSSR count). The zero-order valence-corrected chi connectivity index (χ0v) is 15.2. The molecule has 30 heavy (non-hydrogen) atoms. The summed E-state index contributed by atoms with van der Waals surface area (Å²) < 4.78 is 42.1. The number of carboxylic acid groups (broad SMARTS) is 2. The molecule has 1 aromatic heterocycles. The van der Waals surface area contributed by atoms with E-state index in [2.05, 4.69) is 0 Å². The van der Waals surface area contributed by atoms with Crippen molar-refractivity contribution in [3.05, 3.63) is 59.1 Å². The largest absolute Gasteiger partial charge is 0.490 e. The van der Waals surface area contributed by atoms with Crippen LogP contribution in [0.2, 0.25) is 0 Å². The number of amidine groups is 1. The number of halogens is 3. The van der Waals surface area contributed by atoms with Gasteiger partial charge < -0.3 is 25.1 Å². The lowest BCUT2D eigenvalue weighted by molar-refractivity contribution is -0.192. The lowest BCUT2D eigenvalue weighted by Gasteiger charge is -2.03. The van der Waals surface area contributed by atoms with Crippen molar-refractivity contribution in [3.8, 4) is 5.75 Å². The minimum Gasteiger partial charge on any atom is -0.478 e. The summed E-state index contributed by atoms with van der Waals surface area (Å²) in [7, 11) is 0. The highest BCUT2D eigenvalue weighted by atomic mass is 19.4. The number of carbonyl (C=O) groups is 3. The van der Waals surface area contributed by atoms with E-state index in [9.17, 15) is 22.8 Å². The quantitative estimate of drug-likeness (QED) is 0.186. The van der Waals surface area contributed by atoms with E-state index in [1.807, 2.05) is 0 Å². The predicted octanol–water partition coefficient (Wildman–Crippen LogP) is 2.90. The fraction of sp³-hybridized carbons (Fsp3) is 0.111. The number of hydrogen-bond acceptors (Lipinski definition) is 6. The Kier molecular flexibility index (Phi) is 7.91. The minimum absolute atomic E-state index is 0.0508. The number of aliphatic carboxylic acids is 2. The molecule has 0 saturated carbocycles. The Morgan fingerprint density at radius 3 is 2.07 bits per heavy atom. The van der Waals surface area contributed by atoms with Crippen LogP contribution in [0.15, 0.2) is 46.4 Å². The molecule has 12 heteroatoms. The molecule has 0 aliphatic rings. The van der Waals surface area contributed by atoms with Gasteiger partial charge in [0.2, 0.25) is 5.76 Å². The van der Waals surface area contributed by atoms with Gasteiger partial charge in [0.1, 0.15) is 17.3 Å². The summed E-state index contributed by atoms with van der Waals surface area (Å²) in [5, 5.41) is 23.2. The number of hydrogen-bond donors (Lipinski definition) is 4. The number of nitrogens with one attached hydrogen (secondary N) is 1. The van der Waals surface area contributed by atoms with Crippen LogP contribution in [0.3, 0.4) is 0 Å². The first-order valence-electron chi connectivity index (χ1n) is 7.79. The lowest BCUT2D eigenvalue weighted by atomic mass is 10.2. The topological polar surface area (TPSA) is 164 Å². The maximum atomic E-state index is 11.9. The highest BCUT2D eigenvalue weighted by molar-refractivity contribution is 5.95. The molecule has 160 valence electrons. The fourth-order valence-corrected chi connectivity index (χ4v) is 1.68. The van der Waals surface area contributed by atoms with E-state index in [-0.39, 0.29) is 28.7 Å². The molecule has 5 N–H and O–H groups in total. The third kappa shape index (κ3) is 7.50. The molecule has 0 radical (unpaired) electrons. The van der Waals surface area contributed by atoms with Crippen LogP contribution < -0.4 is 10.5 Å². The van der Waals surface area contributed by atoms with E-state index in [0.717, 1.165) is 0 Å². The Morgan fingerprint density at radius 1 is 1.10 bits per heavy atom. The van der Waals surface area contributed by atoms with Gasteiger partial charge in [0.25, 0.3) is 0 Å². The van der Waals surface area contributed by atoms with Gasteiger partial charge in [0.15, 0.2) is 0 Å². The van der Waals surface area contributed by atoms with E-state index in [1.54, 1.807) is 12.1 Å². The summed E-state index contributed by atoms with van der Waals surface area (Å²) in [6.45, 7) is 1.42. The second-order valence-corrected chi connectivity index (χ2v) is 5.47. The van der Waals surface area contributed by atoms with Gasteiger partial charge >= 0.3 is 24.1 Å². The van der Waals surface area contributed by atoms with Crippen LogP contribution in [0.25, 0.3) is 6.08 Å². The number of ether oxygens (including phenoxy) is 1. The molecule has 0 amide bonds. The summed E-state index contributed by atoms with van der Waals surface area (Å²) in [6.07, 6.45) is -3.78. The second-order valence-electron chi connectivity index (χ2n) is 5.47. The molecule has 1 aromatic carbocycles. The first-order chi connectivity index (χ1) is 13.8. The van der Waals surface area contributed by atoms with Gasteiger partial charge in [-0.1, -0.05) is 0 Å². The van der Waals surface area contributed by atoms with Gasteiger partial charge in [-0.2, -0.15) is 13.2 Å². The van der Waals surface area contributed by atoms with Crippen molar-refractivity contribution < 1.29 is 46.9 Å². The molecule has 0 unspecified atom stereocenters. The number of rotatable bonds is 5. The van der Waals surface area contributed by atoms with Crippen molar-refractivity contribution in [1.29, 1.82) is 5.41 Å². The van der Waals surface area contributed by atoms with E-state index < -0.39 is 24.1 Å². The molecule has 0 fully saturated rings. The Morgan fingerprint density at radius 2 is 1.63 bits per heavy atom. The predicted molar refractivity (Wildman–Crippen MR) is 96.1 cm³/mol. The first-order valence-corrected chi connectivity index (χ1v) is 7.79. The Hall–Kier alpha value is -4.09. The van der Waals surface area contributed by atoms with Crippen molar-refractivity contribution in [2.24, 2.45) is 5.73 Å². The SMILES string of the molecule is C/C(=C\c1ccc(C(=O)Oc2ccc(C(=N)N)cc2)o1)C(=O)O.O=C(O)C(F)(F)F. The number of nitrogens with two attached hydrogens (primary N) is 1. The number of esters is 1. The molecule has 0 aliphatic heterocycles. The zero-order chi connectivity index (χ0) is 23.1. The van der Waals surface area contributed by atoms with Gasteiger partial charge in [-0.15, -0.1) is 0 Å². The molecule has 0 atom stereocenters. The van der Waals surface area contributed by atoms with E-state index in [0.29, 0.717) is 5.56 Å². The number of carbonyl (C=O) groups excluding carboxylic acids is 1. The number of carboxylic acids is 2. The smallest absolute Gasteiger partial charge is 0.478 e. The number of benzene rings is 1. The van der Waals surface area contributed by atoms with Gasteiger partial charge in [-0.25, -0.2) is 14.4 Å². The standard InChI is InChI=1S/C16H14N2O5.C2HF3O2/c1-9(15(19)20)8-12-6-7-13(22-12)16(21)23-11-4-2-10(3-5-11)14(17)18;3-2(4,5)1(6)7/h2-8H,1H3,(H3,17,18)(H,19,20);(H,6,7)/b9-8+;. The van der Waals surface area contributed by atoms with E-state index in [1.165, 1.54) is 37.3 Å². The van der Waals surface area contributed by atoms with E-state index in [4.69, 9.17) is 35.3 Å². The first kappa shape index (κ1) is 23.9. The van der Waals surface area contributed by atoms with Gasteiger partial charge in [-0.3, -0.25) is 5.41 Å². The van der Waals surface area contributed by atoms with Crippen LogP contribution >= 0.6 is 0 Å². The molecule has 0 bridgehead atoms. The van der Waals surface area contributed by atoms with Crippen LogP contribution in [0.1, 0.15) is 28.8 Å². The molecule has 2 aromatic rings. The molecule has 0 spiro atoms. The fourth-order valence-electron chi connectivity index (χ4n) is 1.68. The summed E-state index contributed by atoms with van der Waals surface area (Å²) in [4.78, 5) is 31.6. The molecule has 1 heterocycles. The Bertz CT molecular complexity index is 976. The molecule has 0 saturated heterocycles. The van der Waals surface area contributed by atoms with Crippen molar-refractivity contribution in [1.82, 2.24) is 0 Å². The zero-order valence-electron chi connectivity index (χ0n) is 15.2. The van der Waals surface area contributed by atoms with Crippen molar-refractivity contribution in [2.45, 2.75) is 13.1 Å². The van der Waals surface area contributed by atoms with Crippen molar-refractivity contribution in [2.75, 3.05) is 0 Å². The maximum absolute atomic E-state index is 11.9. The van der Waals surface area contributed by atoms with Crippen LogP contribution in [-0.4, -0.2) is 40.1 Å². The monoisotopic (exact) mass is 428 g/mol. The van der Waals surface area contributed by atoms with Gasteiger partial charge in [0, 0.05) is 11.1 Å². The number of nitrogen functional groups attached to an aromatic ring is 1. The molecular weight excluding hydrogens is 413 g/mol. The van der Waals surface area contributed by atoms with Crippen LogP contribution in [0.5, 0.6) is 5.75 Å². The van der Waals surface area contributed by atoms with Crippen molar-refractivity contribution >= 4 is 29.8 Å². The summed E-state index contributed by atoms with van der Waals surface area (Å²) in [6, 6.07) is 8.99. The molecule has 0 aliphatic carbocycles. The second kappa shape index (κ2) is 9.91. The number of furan rings is 1.